The predicted octanol–water partition coefficient (Wildman–Crippen LogP) is 9.90. The Morgan fingerprint density at radius 1 is 0.191 bits per heavy atom. The van der Waals surface area contributed by atoms with Gasteiger partial charge in [0, 0.05) is 16.7 Å². The Labute approximate surface area is 401 Å². The molecule has 1 aromatic heterocycles. The van der Waals surface area contributed by atoms with Gasteiger partial charge in [0.05, 0.1) is 11.4 Å². The van der Waals surface area contributed by atoms with E-state index in [4.69, 9.17) is 9.97 Å². The summed E-state index contributed by atoms with van der Waals surface area (Å²) >= 11 is 0. The molecule has 0 aliphatic carbocycles. The molecule has 0 aliphatic heterocycles. The lowest BCUT2D eigenvalue weighted by Crippen LogP contribution is -2.78. The summed E-state index contributed by atoms with van der Waals surface area (Å²) in [6, 6.07) is 107. The van der Waals surface area contributed by atoms with E-state index in [9.17, 15) is 0 Å². The second kappa shape index (κ2) is 18.9. The van der Waals surface area contributed by atoms with E-state index < -0.39 is 16.1 Å². The number of rotatable bonds is 12. The molecular weight excluding hydrogens is 853 g/mol. The molecule has 0 radical (unpaired) electrons. The molecular formula is C64H48N2Si2. The highest BCUT2D eigenvalue weighted by Crippen LogP contribution is 2.28. The van der Waals surface area contributed by atoms with Gasteiger partial charge in [0.25, 0.3) is 0 Å². The first kappa shape index (κ1) is 42.4. The van der Waals surface area contributed by atoms with E-state index in [1.807, 2.05) is 0 Å². The van der Waals surface area contributed by atoms with Gasteiger partial charge in [0.2, 0.25) is 0 Å². The maximum atomic E-state index is 5.56. The van der Waals surface area contributed by atoms with Crippen molar-refractivity contribution < 1.29 is 0 Å². The van der Waals surface area contributed by atoms with E-state index in [2.05, 4.69) is 291 Å². The van der Waals surface area contributed by atoms with Crippen molar-refractivity contribution >= 4 is 57.6 Å². The van der Waals surface area contributed by atoms with Crippen molar-refractivity contribution in [1.29, 1.82) is 0 Å². The van der Waals surface area contributed by atoms with Crippen molar-refractivity contribution in [2.45, 2.75) is 0 Å². The summed E-state index contributed by atoms with van der Waals surface area (Å²) in [5, 5.41) is 10.4. The van der Waals surface area contributed by atoms with Gasteiger partial charge < -0.3 is 0 Å². The summed E-state index contributed by atoms with van der Waals surface area (Å²) in [7, 11) is -6.36. The molecule has 0 N–H and O–H groups in total. The van der Waals surface area contributed by atoms with Gasteiger partial charge in [-0.15, -0.1) is 0 Å². The maximum Gasteiger partial charge on any atom is 0.179 e. The lowest BCUT2D eigenvalue weighted by molar-refractivity contribution is 1.18. The van der Waals surface area contributed by atoms with Gasteiger partial charge in [-0.1, -0.05) is 285 Å². The summed E-state index contributed by atoms with van der Waals surface area (Å²) in [4.78, 5) is 11.1. The summed E-state index contributed by atoms with van der Waals surface area (Å²) in [6.45, 7) is 0. The Bertz CT molecular complexity index is 3220. The van der Waals surface area contributed by atoms with E-state index in [1.54, 1.807) is 0 Å². The molecule has 4 heteroatoms. The molecule has 10 aromatic carbocycles. The van der Waals surface area contributed by atoms with Crippen LogP contribution in [0, 0.1) is 0 Å². The van der Waals surface area contributed by atoms with Crippen LogP contribution in [-0.4, -0.2) is 26.1 Å². The summed E-state index contributed by atoms with van der Waals surface area (Å²) in [5.74, 6) is 0.687. The fraction of sp³-hybridized carbons (Fsp3) is 0. The number of benzene rings is 10. The molecule has 1 heterocycles. The fourth-order valence-corrected chi connectivity index (χ4v) is 20.1. The molecule has 68 heavy (non-hydrogen) atoms. The highest BCUT2D eigenvalue weighted by molar-refractivity contribution is 7.22. The highest BCUT2D eigenvalue weighted by Gasteiger charge is 2.46. The molecule has 322 valence electrons. The molecule has 0 unspecified atom stereocenters. The van der Waals surface area contributed by atoms with E-state index in [-0.39, 0.29) is 0 Å². The quantitative estimate of drug-likeness (QED) is 0.0902. The third-order valence-corrected chi connectivity index (χ3v) is 22.8. The minimum absolute atomic E-state index is 0.687. The van der Waals surface area contributed by atoms with Crippen LogP contribution in [0.5, 0.6) is 0 Å². The second-order valence-electron chi connectivity index (χ2n) is 17.3. The Hall–Kier alpha value is -8.29. The summed E-state index contributed by atoms with van der Waals surface area (Å²) in [5.41, 5.74) is 7.21. The van der Waals surface area contributed by atoms with Gasteiger partial charge >= 0.3 is 0 Å². The maximum absolute atomic E-state index is 5.56. The first-order chi connectivity index (χ1) is 33.7. The minimum Gasteiger partial charge on any atom is -0.228 e. The molecule has 2 nitrogen and oxygen atoms in total. The zero-order chi connectivity index (χ0) is 45.6. The predicted molar refractivity (Wildman–Crippen MR) is 291 cm³/mol. The van der Waals surface area contributed by atoms with Crippen molar-refractivity contribution in [3.8, 4) is 45.0 Å². The van der Waals surface area contributed by atoms with Crippen LogP contribution in [0.25, 0.3) is 45.0 Å². The smallest absolute Gasteiger partial charge is 0.179 e. The van der Waals surface area contributed by atoms with Crippen molar-refractivity contribution in [2.24, 2.45) is 0 Å². The van der Waals surface area contributed by atoms with E-state index >= 15 is 0 Å². The average molecular weight is 901 g/mol. The van der Waals surface area contributed by atoms with Gasteiger partial charge in [-0.25, -0.2) is 9.97 Å². The first-order valence-electron chi connectivity index (χ1n) is 23.3. The Morgan fingerprint density at radius 3 is 0.838 bits per heavy atom. The van der Waals surface area contributed by atoms with Crippen LogP contribution in [0.2, 0.25) is 0 Å². The third kappa shape index (κ3) is 7.86. The van der Waals surface area contributed by atoms with Gasteiger partial charge in [-0.3, -0.25) is 0 Å². The monoisotopic (exact) mass is 900 g/mol. The molecule has 0 spiro atoms. The number of aromatic nitrogens is 2. The average Bonchev–Trinajstić information content (AvgIpc) is 3.43. The van der Waals surface area contributed by atoms with Crippen LogP contribution in [0.1, 0.15) is 0 Å². The summed E-state index contributed by atoms with van der Waals surface area (Å²) in [6.07, 6.45) is 0. The van der Waals surface area contributed by atoms with E-state index in [0.29, 0.717) is 5.82 Å². The van der Waals surface area contributed by atoms with Crippen LogP contribution in [0.3, 0.4) is 0 Å². The lowest BCUT2D eigenvalue weighted by Gasteiger charge is -2.38. The van der Waals surface area contributed by atoms with Gasteiger partial charge in [0.1, 0.15) is 0 Å². The zero-order valence-electron chi connectivity index (χ0n) is 37.6. The topological polar surface area (TPSA) is 25.8 Å². The molecule has 11 rings (SSSR count). The first-order valence-corrected chi connectivity index (χ1v) is 27.3. The number of nitrogens with zero attached hydrogens (tertiary/aromatic N) is 2. The second-order valence-corrected chi connectivity index (χ2v) is 24.9. The molecule has 0 fully saturated rings. The Balaban J connectivity index is 1.32. The van der Waals surface area contributed by atoms with E-state index in [1.165, 1.54) is 52.6 Å². The van der Waals surface area contributed by atoms with Crippen LogP contribution in [0.15, 0.2) is 291 Å². The largest absolute Gasteiger partial charge is 0.228 e. The van der Waals surface area contributed by atoms with E-state index in [0.717, 1.165) is 28.1 Å². The zero-order valence-corrected chi connectivity index (χ0v) is 39.6. The molecule has 11 aromatic rings. The molecule has 0 aliphatic rings. The minimum atomic E-state index is -3.23. The highest BCUT2D eigenvalue weighted by atomic mass is 28.3. The van der Waals surface area contributed by atoms with Crippen LogP contribution >= 0.6 is 0 Å². The lowest BCUT2D eigenvalue weighted by atomic mass is 10.1. The van der Waals surface area contributed by atoms with Crippen LogP contribution in [0.4, 0.5) is 0 Å². The van der Waals surface area contributed by atoms with Crippen molar-refractivity contribution in [3.63, 3.8) is 0 Å². The van der Waals surface area contributed by atoms with Gasteiger partial charge in [0.15, 0.2) is 22.0 Å². The standard InChI is InChI=1S/C64H48N2Si2/c1-9-26-49(27-10-1)52-32-25-43-59(44-52)68(57-39-21-7-22-40-57,58-41-23-8-24-42-58)61-46-53(64-65-62(50-28-11-2-12-29-50)48-63(66-64)51-30-13-3-14-31-51)45-60(47-61)67(54-33-15-4-16-34-54,55-35-17-5-18-36-55)56-37-19-6-20-38-56/h1-48H. The molecule has 0 bridgehead atoms. The molecule has 0 amide bonds. The van der Waals surface area contributed by atoms with Crippen LogP contribution < -0.4 is 41.5 Å². The summed E-state index contributed by atoms with van der Waals surface area (Å²) < 4.78 is 0. The number of hydrogen-bond acceptors (Lipinski definition) is 2. The molecule has 0 saturated heterocycles. The van der Waals surface area contributed by atoms with Crippen molar-refractivity contribution in [3.05, 3.63) is 291 Å². The molecule has 0 saturated carbocycles. The normalized spacial score (nSPS) is 11.5. The van der Waals surface area contributed by atoms with Crippen molar-refractivity contribution in [1.82, 2.24) is 9.97 Å². The van der Waals surface area contributed by atoms with Crippen molar-refractivity contribution in [2.75, 3.05) is 0 Å². The fourth-order valence-electron chi connectivity index (χ4n) is 10.3. The molecule has 0 atom stereocenters. The number of hydrogen-bond donors (Lipinski definition) is 0. The van der Waals surface area contributed by atoms with Gasteiger partial charge in [-0.05, 0) is 58.7 Å². The van der Waals surface area contributed by atoms with Crippen LogP contribution in [-0.2, 0) is 0 Å². The third-order valence-electron chi connectivity index (χ3n) is 13.4. The van der Waals surface area contributed by atoms with Gasteiger partial charge in [-0.2, -0.15) is 0 Å². The SMILES string of the molecule is c1ccc(-c2cccc([Si](c3ccccc3)(c3ccccc3)c3cc(-c4nc(-c5ccccc5)cc(-c5ccccc5)n4)cc([Si](c4ccccc4)(c4ccccc4)c4ccccc4)c3)c2)cc1. The Kier molecular flexibility index (Phi) is 11.8. The Morgan fingerprint density at radius 2 is 0.471 bits per heavy atom.